The average molecular weight is 228 g/mol. The van der Waals surface area contributed by atoms with Crippen molar-refractivity contribution in [1.29, 1.82) is 0 Å². The van der Waals surface area contributed by atoms with Crippen molar-refractivity contribution in [3.63, 3.8) is 0 Å². The van der Waals surface area contributed by atoms with Crippen LogP contribution in [0.5, 0.6) is 0 Å². The molecule has 1 aliphatic rings. The molecule has 94 valence electrons. The summed E-state index contributed by atoms with van der Waals surface area (Å²) in [4.78, 5) is 13.4. The quantitative estimate of drug-likeness (QED) is 0.729. The van der Waals surface area contributed by atoms with E-state index in [1.807, 2.05) is 7.05 Å². The van der Waals surface area contributed by atoms with E-state index in [1.165, 1.54) is 32.8 Å². The summed E-state index contributed by atoms with van der Waals surface area (Å²) in [5.41, 5.74) is 5.75. The van der Waals surface area contributed by atoms with Gasteiger partial charge < -0.3 is 15.4 Å². The Bertz CT molecular complexity index is 233. The Morgan fingerprint density at radius 1 is 1.56 bits per heavy atom. The zero-order valence-corrected chi connectivity index (χ0v) is 10.6. The zero-order valence-electron chi connectivity index (χ0n) is 10.6. The molecule has 0 amide bonds. The largest absolute Gasteiger partial charge is 0.468 e. The van der Waals surface area contributed by atoms with Crippen LogP contribution in [0.4, 0.5) is 0 Å². The van der Waals surface area contributed by atoms with Crippen LogP contribution in [0.15, 0.2) is 0 Å². The molecule has 0 aromatic rings. The Morgan fingerprint density at radius 2 is 2.25 bits per heavy atom. The van der Waals surface area contributed by atoms with Crippen LogP contribution in [-0.2, 0) is 9.53 Å². The van der Waals surface area contributed by atoms with Crippen molar-refractivity contribution in [3.8, 4) is 0 Å². The maximum atomic E-state index is 11.2. The molecule has 16 heavy (non-hydrogen) atoms. The smallest absolute Gasteiger partial charge is 0.323 e. The van der Waals surface area contributed by atoms with E-state index in [9.17, 15) is 4.79 Å². The molecule has 0 aromatic carbocycles. The summed E-state index contributed by atoms with van der Waals surface area (Å²) in [5.74, 6) is 0.464. The van der Waals surface area contributed by atoms with Crippen LogP contribution in [0.3, 0.4) is 0 Å². The second-order valence-corrected chi connectivity index (χ2v) is 4.99. The van der Waals surface area contributed by atoms with Gasteiger partial charge in [-0.25, -0.2) is 0 Å². The van der Waals surface area contributed by atoms with Gasteiger partial charge in [-0.05, 0) is 25.8 Å². The maximum Gasteiger partial charge on any atom is 0.323 e. The number of hydrogen-bond donors (Lipinski definition) is 1. The lowest BCUT2D eigenvalue weighted by Gasteiger charge is -2.34. The highest BCUT2D eigenvalue weighted by Gasteiger charge is 2.25. The topological polar surface area (TPSA) is 55.6 Å². The summed E-state index contributed by atoms with van der Waals surface area (Å²) in [6.45, 7) is 2.88. The summed E-state index contributed by atoms with van der Waals surface area (Å²) in [5, 5.41) is 0. The zero-order chi connectivity index (χ0) is 12.1. The second-order valence-electron chi connectivity index (χ2n) is 4.99. The van der Waals surface area contributed by atoms with Crippen molar-refractivity contribution in [1.82, 2.24) is 4.90 Å². The van der Waals surface area contributed by atoms with E-state index >= 15 is 0 Å². The van der Waals surface area contributed by atoms with Gasteiger partial charge in [0.05, 0.1) is 7.11 Å². The molecular weight excluding hydrogens is 204 g/mol. The van der Waals surface area contributed by atoms with Gasteiger partial charge in [0, 0.05) is 12.6 Å². The molecular formula is C12H24N2O2. The minimum absolute atomic E-state index is 0.323. The molecule has 2 N–H and O–H groups in total. The molecule has 3 unspecified atom stereocenters. The third kappa shape index (κ3) is 3.76. The molecule has 0 spiro atoms. The molecule has 0 saturated heterocycles. The number of rotatable bonds is 4. The fraction of sp³-hybridized carbons (Fsp3) is 0.917. The number of carbonyl (C=O) groups is 1. The van der Waals surface area contributed by atoms with E-state index < -0.39 is 6.04 Å². The van der Waals surface area contributed by atoms with E-state index in [0.29, 0.717) is 12.6 Å². The van der Waals surface area contributed by atoms with Gasteiger partial charge in [0.1, 0.15) is 6.04 Å². The lowest BCUT2D eigenvalue weighted by Crippen LogP contribution is -2.46. The molecule has 3 atom stereocenters. The second kappa shape index (κ2) is 6.21. The maximum absolute atomic E-state index is 11.2. The van der Waals surface area contributed by atoms with Gasteiger partial charge in [0.2, 0.25) is 0 Å². The summed E-state index contributed by atoms with van der Waals surface area (Å²) >= 11 is 0. The number of esters is 1. The minimum atomic E-state index is -0.521. The molecule has 4 nitrogen and oxygen atoms in total. The van der Waals surface area contributed by atoms with Crippen molar-refractivity contribution in [2.75, 3.05) is 20.7 Å². The van der Waals surface area contributed by atoms with E-state index in [-0.39, 0.29) is 5.97 Å². The molecule has 4 heteroatoms. The first-order valence-electron chi connectivity index (χ1n) is 6.08. The van der Waals surface area contributed by atoms with Gasteiger partial charge in [-0.15, -0.1) is 0 Å². The van der Waals surface area contributed by atoms with Gasteiger partial charge in [0.15, 0.2) is 0 Å². The van der Waals surface area contributed by atoms with E-state index in [4.69, 9.17) is 5.73 Å². The van der Waals surface area contributed by atoms with Crippen LogP contribution in [0.25, 0.3) is 0 Å². The normalized spacial score (nSPS) is 27.8. The molecule has 0 heterocycles. The molecule has 0 bridgehead atoms. The molecule has 0 radical (unpaired) electrons. The summed E-state index contributed by atoms with van der Waals surface area (Å²) in [6, 6.07) is 0.0479. The third-order valence-corrected chi connectivity index (χ3v) is 3.52. The Balaban J connectivity index is 2.38. The molecule has 1 fully saturated rings. The van der Waals surface area contributed by atoms with Gasteiger partial charge >= 0.3 is 5.97 Å². The predicted octanol–water partition coefficient (Wildman–Crippen LogP) is 0.997. The van der Waals surface area contributed by atoms with Crippen molar-refractivity contribution in [2.24, 2.45) is 11.7 Å². The lowest BCUT2D eigenvalue weighted by molar-refractivity contribution is -0.142. The summed E-state index contributed by atoms with van der Waals surface area (Å²) in [7, 11) is 3.43. The van der Waals surface area contributed by atoms with Gasteiger partial charge in [0.25, 0.3) is 0 Å². The van der Waals surface area contributed by atoms with Crippen LogP contribution >= 0.6 is 0 Å². The standard InChI is InChI=1S/C12H24N2O2/c1-9-5-4-6-10(7-9)14(2)8-11(13)12(15)16-3/h9-11H,4-8,13H2,1-3H3. The van der Waals surface area contributed by atoms with Crippen molar-refractivity contribution in [3.05, 3.63) is 0 Å². The van der Waals surface area contributed by atoms with Crippen LogP contribution in [0.1, 0.15) is 32.6 Å². The number of nitrogens with two attached hydrogens (primary N) is 1. The van der Waals surface area contributed by atoms with Crippen LogP contribution in [0.2, 0.25) is 0 Å². The Kier molecular flexibility index (Phi) is 5.22. The minimum Gasteiger partial charge on any atom is -0.468 e. The average Bonchev–Trinajstić information content (AvgIpc) is 2.27. The van der Waals surface area contributed by atoms with E-state index in [0.717, 1.165) is 5.92 Å². The van der Waals surface area contributed by atoms with Gasteiger partial charge in [-0.1, -0.05) is 19.8 Å². The Hall–Kier alpha value is -0.610. The van der Waals surface area contributed by atoms with Gasteiger partial charge in [-0.3, -0.25) is 4.79 Å². The molecule has 1 saturated carbocycles. The summed E-state index contributed by atoms with van der Waals surface area (Å²) < 4.78 is 4.63. The van der Waals surface area contributed by atoms with Crippen molar-refractivity contribution in [2.45, 2.75) is 44.7 Å². The van der Waals surface area contributed by atoms with Crippen molar-refractivity contribution >= 4 is 5.97 Å². The molecule has 0 aromatic heterocycles. The SMILES string of the molecule is COC(=O)C(N)CN(C)C1CCCC(C)C1. The highest BCUT2D eigenvalue weighted by molar-refractivity contribution is 5.75. The number of hydrogen-bond acceptors (Lipinski definition) is 4. The first-order chi connectivity index (χ1) is 7.54. The third-order valence-electron chi connectivity index (χ3n) is 3.52. The summed E-state index contributed by atoms with van der Waals surface area (Å²) in [6.07, 6.45) is 5.04. The van der Waals surface area contributed by atoms with Crippen LogP contribution < -0.4 is 5.73 Å². The number of likely N-dealkylation sites (N-methyl/N-ethyl adjacent to an activating group) is 1. The number of nitrogens with zero attached hydrogens (tertiary/aromatic N) is 1. The highest BCUT2D eigenvalue weighted by Crippen LogP contribution is 2.26. The van der Waals surface area contributed by atoms with Crippen LogP contribution in [-0.4, -0.2) is 43.7 Å². The highest BCUT2D eigenvalue weighted by atomic mass is 16.5. The van der Waals surface area contributed by atoms with Crippen LogP contribution in [0, 0.1) is 5.92 Å². The first kappa shape index (κ1) is 13.5. The van der Waals surface area contributed by atoms with E-state index in [1.54, 1.807) is 0 Å². The lowest BCUT2D eigenvalue weighted by atomic mass is 9.86. The van der Waals surface area contributed by atoms with E-state index in [2.05, 4.69) is 16.6 Å². The fourth-order valence-corrected chi connectivity index (χ4v) is 2.49. The van der Waals surface area contributed by atoms with Gasteiger partial charge in [-0.2, -0.15) is 0 Å². The molecule has 1 aliphatic carbocycles. The van der Waals surface area contributed by atoms with Crippen molar-refractivity contribution < 1.29 is 9.53 Å². The molecule has 1 rings (SSSR count). The Labute approximate surface area is 98.1 Å². The predicted molar refractivity (Wildman–Crippen MR) is 64.0 cm³/mol. The number of ether oxygens (including phenoxy) is 1. The number of methoxy groups -OCH3 is 1. The Morgan fingerprint density at radius 3 is 2.81 bits per heavy atom. The first-order valence-corrected chi connectivity index (χ1v) is 6.08. The monoisotopic (exact) mass is 228 g/mol. The molecule has 0 aliphatic heterocycles. The fourth-order valence-electron chi connectivity index (χ4n) is 2.49. The number of carbonyl (C=O) groups excluding carboxylic acids is 1.